The van der Waals surface area contributed by atoms with Crippen LogP contribution in [0.5, 0.6) is 0 Å². The fourth-order valence-electron chi connectivity index (χ4n) is 1.74. The number of nitrogens with one attached hydrogen (secondary N) is 1. The summed E-state index contributed by atoms with van der Waals surface area (Å²) in [6, 6.07) is 7.87. The Morgan fingerprint density at radius 3 is 3.06 bits per heavy atom. The summed E-state index contributed by atoms with van der Waals surface area (Å²) in [5, 5.41) is 5.13. The quantitative estimate of drug-likeness (QED) is 0.833. The lowest BCUT2D eigenvalue weighted by Gasteiger charge is -2.14. The first-order valence-electron chi connectivity index (χ1n) is 5.45. The summed E-state index contributed by atoms with van der Waals surface area (Å²) in [6.07, 6.45) is 7.76. The van der Waals surface area contributed by atoms with Gasteiger partial charge in [0.2, 0.25) is 0 Å². The first-order valence-corrected chi connectivity index (χ1v) is 5.83. The van der Waals surface area contributed by atoms with Gasteiger partial charge in [0, 0.05) is 34.8 Å². The van der Waals surface area contributed by atoms with Crippen LogP contribution in [0.1, 0.15) is 13.3 Å². The lowest BCUT2D eigenvalue weighted by atomic mass is 10.1. The molecule has 1 aromatic carbocycles. The minimum atomic E-state index is 0.237. The molecule has 17 heavy (non-hydrogen) atoms. The van der Waals surface area contributed by atoms with Crippen LogP contribution in [0.25, 0.3) is 10.9 Å². The maximum Gasteiger partial charge on any atom is 0.0737 e. The van der Waals surface area contributed by atoms with E-state index < -0.39 is 0 Å². The van der Waals surface area contributed by atoms with Crippen molar-refractivity contribution in [3.05, 3.63) is 35.5 Å². The molecule has 0 spiro atoms. The van der Waals surface area contributed by atoms with Crippen LogP contribution >= 0.6 is 11.6 Å². The van der Waals surface area contributed by atoms with Gasteiger partial charge in [-0.25, -0.2) is 0 Å². The van der Waals surface area contributed by atoms with Crippen LogP contribution < -0.4 is 5.32 Å². The zero-order valence-corrected chi connectivity index (χ0v) is 10.3. The lowest BCUT2D eigenvalue weighted by molar-refractivity contribution is 0.830. The predicted octanol–water partition coefficient (Wildman–Crippen LogP) is 3.71. The Bertz CT molecular complexity index is 572. The van der Waals surface area contributed by atoms with Crippen LogP contribution in [0.15, 0.2) is 30.5 Å². The normalized spacial score (nSPS) is 12.1. The van der Waals surface area contributed by atoms with Crippen molar-refractivity contribution in [2.45, 2.75) is 19.4 Å². The van der Waals surface area contributed by atoms with Crippen LogP contribution in [0.2, 0.25) is 5.02 Å². The van der Waals surface area contributed by atoms with Crippen LogP contribution in [-0.4, -0.2) is 11.0 Å². The van der Waals surface area contributed by atoms with Crippen molar-refractivity contribution in [1.82, 2.24) is 4.98 Å². The second-order valence-corrected chi connectivity index (χ2v) is 4.41. The number of aromatic nitrogens is 1. The van der Waals surface area contributed by atoms with Crippen molar-refractivity contribution in [1.29, 1.82) is 0 Å². The van der Waals surface area contributed by atoms with Gasteiger partial charge in [-0.3, -0.25) is 4.98 Å². The Morgan fingerprint density at radius 2 is 2.29 bits per heavy atom. The number of nitrogens with zero attached hydrogens (tertiary/aromatic N) is 1. The molecular weight excluding hydrogens is 232 g/mol. The topological polar surface area (TPSA) is 24.9 Å². The number of hydrogen-bond acceptors (Lipinski definition) is 2. The van der Waals surface area contributed by atoms with Gasteiger partial charge in [0.1, 0.15) is 0 Å². The van der Waals surface area contributed by atoms with E-state index in [9.17, 15) is 0 Å². The Balaban J connectivity index is 2.38. The molecule has 0 radical (unpaired) electrons. The third-order valence-corrected chi connectivity index (χ3v) is 2.77. The maximum atomic E-state index is 5.94. The Hall–Kier alpha value is -1.72. The van der Waals surface area contributed by atoms with E-state index in [0.29, 0.717) is 11.4 Å². The van der Waals surface area contributed by atoms with E-state index >= 15 is 0 Å². The van der Waals surface area contributed by atoms with Crippen molar-refractivity contribution >= 4 is 28.2 Å². The van der Waals surface area contributed by atoms with E-state index in [2.05, 4.69) is 23.1 Å². The Kier molecular flexibility index (Phi) is 3.51. The minimum Gasteiger partial charge on any atom is -0.381 e. The van der Waals surface area contributed by atoms with Crippen molar-refractivity contribution in [3.63, 3.8) is 0 Å². The van der Waals surface area contributed by atoms with E-state index in [4.69, 9.17) is 18.0 Å². The number of rotatable bonds is 3. The average Bonchev–Trinajstić information content (AvgIpc) is 2.29. The van der Waals surface area contributed by atoms with E-state index in [1.165, 1.54) is 0 Å². The van der Waals surface area contributed by atoms with Gasteiger partial charge in [-0.15, -0.1) is 12.3 Å². The summed E-state index contributed by atoms with van der Waals surface area (Å²) in [7, 11) is 0. The van der Waals surface area contributed by atoms with Crippen LogP contribution in [0.4, 0.5) is 5.69 Å². The van der Waals surface area contributed by atoms with Gasteiger partial charge in [-0.1, -0.05) is 11.6 Å². The van der Waals surface area contributed by atoms with Gasteiger partial charge >= 0.3 is 0 Å². The highest BCUT2D eigenvalue weighted by atomic mass is 35.5. The highest BCUT2D eigenvalue weighted by Crippen LogP contribution is 2.24. The number of fused-ring (bicyclic) bond motifs is 1. The Morgan fingerprint density at radius 1 is 1.47 bits per heavy atom. The van der Waals surface area contributed by atoms with E-state index in [1.807, 2.05) is 24.3 Å². The van der Waals surface area contributed by atoms with Crippen molar-refractivity contribution < 1.29 is 0 Å². The van der Waals surface area contributed by atoms with Crippen LogP contribution in [0, 0.1) is 12.3 Å². The number of halogens is 1. The number of anilines is 1. The molecule has 86 valence electrons. The predicted molar refractivity (Wildman–Crippen MR) is 73.3 cm³/mol. The van der Waals surface area contributed by atoms with Crippen molar-refractivity contribution in [2.75, 3.05) is 5.32 Å². The number of hydrogen-bond donors (Lipinski definition) is 1. The smallest absolute Gasteiger partial charge is 0.0737 e. The summed E-state index contributed by atoms with van der Waals surface area (Å²) in [5.74, 6) is 2.65. The van der Waals surface area contributed by atoms with Gasteiger partial charge in [-0.2, -0.15) is 0 Å². The molecule has 0 saturated heterocycles. The largest absolute Gasteiger partial charge is 0.381 e. The molecule has 0 fully saturated rings. The molecule has 1 unspecified atom stereocenters. The molecule has 1 atom stereocenters. The Labute approximate surface area is 106 Å². The molecule has 0 aliphatic heterocycles. The summed E-state index contributed by atoms with van der Waals surface area (Å²) < 4.78 is 0. The van der Waals surface area contributed by atoms with E-state index in [-0.39, 0.29) is 6.04 Å². The second kappa shape index (κ2) is 5.07. The molecule has 1 N–H and O–H groups in total. The molecule has 0 amide bonds. The van der Waals surface area contributed by atoms with Gasteiger partial charge in [0.25, 0.3) is 0 Å². The minimum absolute atomic E-state index is 0.237. The van der Waals surface area contributed by atoms with Gasteiger partial charge < -0.3 is 5.32 Å². The third-order valence-electron chi connectivity index (χ3n) is 2.53. The molecule has 0 aliphatic rings. The number of pyridine rings is 1. The zero-order chi connectivity index (χ0) is 12.3. The monoisotopic (exact) mass is 244 g/mol. The highest BCUT2D eigenvalue weighted by Gasteiger charge is 2.05. The van der Waals surface area contributed by atoms with Crippen molar-refractivity contribution in [2.24, 2.45) is 0 Å². The third kappa shape index (κ3) is 2.69. The molecule has 0 bridgehead atoms. The fourth-order valence-corrected chi connectivity index (χ4v) is 1.91. The molecular formula is C14H13ClN2. The molecule has 1 heterocycles. The molecule has 1 aromatic heterocycles. The number of terminal acetylenes is 1. The lowest BCUT2D eigenvalue weighted by Crippen LogP contribution is -2.14. The summed E-state index contributed by atoms with van der Waals surface area (Å²) >= 11 is 5.94. The average molecular weight is 245 g/mol. The summed E-state index contributed by atoms with van der Waals surface area (Å²) in [5.41, 5.74) is 1.92. The summed E-state index contributed by atoms with van der Waals surface area (Å²) in [4.78, 5) is 4.29. The molecule has 2 nitrogen and oxygen atoms in total. The van der Waals surface area contributed by atoms with Gasteiger partial charge in [0.15, 0.2) is 0 Å². The zero-order valence-electron chi connectivity index (χ0n) is 9.57. The first kappa shape index (κ1) is 11.8. The first-order chi connectivity index (χ1) is 8.20. The van der Waals surface area contributed by atoms with Crippen LogP contribution in [0.3, 0.4) is 0 Å². The maximum absolute atomic E-state index is 5.94. The number of benzene rings is 1. The second-order valence-electron chi connectivity index (χ2n) is 3.97. The molecule has 2 rings (SSSR count). The van der Waals surface area contributed by atoms with Gasteiger partial charge in [-0.05, 0) is 31.2 Å². The standard InChI is InChI=1S/C14H13ClN2/c1-3-4-10(2)17-13-7-8-16-14-9-11(15)5-6-12(13)14/h1,5-10H,4H2,2H3,(H,16,17). The van der Waals surface area contributed by atoms with E-state index in [0.717, 1.165) is 16.6 Å². The summed E-state index contributed by atoms with van der Waals surface area (Å²) in [6.45, 7) is 2.06. The molecule has 3 heteroatoms. The molecule has 0 saturated carbocycles. The van der Waals surface area contributed by atoms with Crippen molar-refractivity contribution in [3.8, 4) is 12.3 Å². The highest BCUT2D eigenvalue weighted by molar-refractivity contribution is 6.31. The molecule has 2 aromatic rings. The van der Waals surface area contributed by atoms with E-state index in [1.54, 1.807) is 6.20 Å². The van der Waals surface area contributed by atoms with Crippen LogP contribution in [-0.2, 0) is 0 Å². The SMILES string of the molecule is C#CCC(C)Nc1ccnc2cc(Cl)ccc12. The van der Waals surface area contributed by atoms with Gasteiger partial charge in [0.05, 0.1) is 5.52 Å². The fraction of sp³-hybridized carbons (Fsp3) is 0.214. The molecule has 0 aliphatic carbocycles.